The molecule has 1 aliphatic heterocycles. The second-order valence-electron chi connectivity index (χ2n) is 7.78. The molecule has 1 aliphatic rings. The van der Waals surface area contributed by atoms with Crippen LogP contribution in [0.5, 0.6) is 5.88 Å². The second-order valence-corrected chi connectivity index (χ2v) is 7.78. The highest BCUT2D eigenvalue weighted by molar-refractivity contribution is 5.95. The molecule has 3 rings (SSSR count). The molecule has 7 heteroatoms. The van der Waals surface area contributed by atoms with E-state index < -0.39 is 0 Å². The van der Waals surface area contributed by atoms with Gasteiger partial charge in [-0.25, -0.2) is 4.98 Å². The van der Waals surface area contributed by atoms with E-state index in [1.165, 1.54) is 0 Å². The molecule has 0 radical (unpaired) electrons. The molecule has 0 spiro atoms. The molecule has 0 unspecified atom stereocenters. The lowest BCUT2D eigenvalue weighted by Gasteiger charge is -2.30. The van der Waals surface area contributed by atoms with Crippen LogP contribution in [0, 0.1) is 11.8 Å². The first-order valence-electron chi connectivity index (χ1n) is 11.5. The molecule has 1 amide bonds. The minimum atomic E-state index is -0.103. The van der Waals surface area contributed by atoms with Crippen molar-refractivity contribution in [3.05, 3.63) is 64.9 Å². The molecule has 1 fully saturated rings. The largest absolute Gasteiger partial charge is 0.481 e. The number of morpholine rings is 1. The zero-order valence-electron chi connectivity index (χ0n) is 20.1. The summed E-state index contributed by atoms with van der Waals surface area (Å²) in [6.07, 6.45) is 7.30. The Hall–Kier alpha value is -3.63. The van der Waals surface area contributed by atoms with Crippen LogP contribution in [-0.2, 0) is 4.74 Å². The van der Waals surface area contributed by atoms with Crippen molar-refractivity contribution in [1.82, 2.24) is 10.3 Å². The van der Waals surface area contributed by atoms with Gasteiger partial charge in [0.1, 0.15) is 0 Å². The van der Waals surface area contributed by atoms with Crippen LogP contribution in [0.4, 0.5) is 5.69 Å². The molecule has 1 aromatic carbocycles. The summed E-state index contributed by atoms with van der Waals surface area (Å²) in [6.45, 7) is 5.52. The lowest BCUT2D eigenvalue weighted by Crippen LogP contribution is -2.36. The summed E-state index contributed by atoms with van der Waals surface area (Å²) in [7, 11) is 3.34. The summed E-state index contributed by atoms with van der Waals surface area (Å²) in [4.78, 5) is 23.3. The molecular weight excluding hydrogens is 428 g/mol. The van der Waals surface area contributed by atoms with Gasteiger partial charge in [-0.15, -0.1) is 0 Å². The minimum absolute atomic E-state index is 0.103. The zero-order valence-corrected chi connectivity index (χ0v) is 20.1. The predicted molar refractivity (Wildman–Crippen MR) is 136 cm³/mol. The number of nitrogens with zero attached hydrogens (tertiary/aromatic N) is 3. The Bertz CT molecular complexity index is 1080. The monoisotopic (exact) mass is 460 g/mol. The van der Waals surface area contributed by atoms with Gasteiger partial charge in [0, 0.05) is 61.9 Å². The summed E-state index contributed by atoms with van der Waals surface area (Å²) in [5.41, 5.74) is 4.35. The highest BCUT2D eigenvalue weighted by Gasteiger charge is 2.16. The van der Waals surface area contributed by atoms with E-state index in [4.69, 9.17) is 9.47 Å². The number of rotatable bonds is 8. The number of allylic oxidation sites excluding steroid dienone is 2. The molecular formula is C27H32N4O3. The highest BCUT2D eigenvalue weighted by Crippen LogP contribution is 2.23. The average molecular weight is 461 g/mol. The van der Waals surface area contributed by atoms with Crippen molar-refractivity contribution >= 4 is 17.8 Å². The summed E-state index contributed by atoms with van der Waals surface area (Å²) >= 11 is 0. The molecule has 1 saturated heterocycles. The Kier molecular flexibility index (Phi) is 9.68. The van der Waals surface area contributed by atoms with Gasteiger partial charge in [0.2, 0.25) is 5.88 Å². The number of aliphatic imine (C=N–C) groups is 1. The Morgan fingerprint density at radius 3 is 2.76 bits per heavy atom. The lowest BCUT2D eigenvalue weighted by molar-refractivity contribution is 0.0953. The van der Waals surface area contributed by atoms with Gasteiger partial charge in [-0.3, -0.25) is 9.79 Å². The van der Waals surface area contributed by atoms with E-state index in [1.807, 2.05) is 43.5 Å². The molecule has 7 nitrogen and oxygen atoms in total. The van der Waals surface area contributed by atoms with Crippen LogP contribution in [0.3, 0.4) is 0 Å². The number of amides is 1. The zero-order chi connectivity index (χ0) is 24.2. The molecule has 1 aromatic heterocycles. The number of carbonyl (C=O) groups is 1. The number of hydrogen-bond donors (Lipinski definition) is 1. The number of anilines is 1. The highest BCUT2D eigenvalue weighted by atomic mass is 16.5. The van der Waals surface area contributed by atoms with Crippen LogP contribution in [0.2, 0.25) is 0 Å². The van der Waals surface area contributed by atoms with Crippen molar-refractivity contribution < 1.29 is 14.3 Å². The standard InChI is InChI=1S/C27H32N4O3/c1-4-21(19-28-2)6-5-13-29-27(32)24-10-11-25(31-14-16-34-17-15-31)23(18-24)9-7-22-8-12-26(33-3)30-20-22/h4,8,10-12,18-20H,5-6,13-17H2,1-3H3,(H,29,32)/b21-4-,28-19?. The van der Waals surface area contributed by atoms with Gasteiger partial charge in [0.25, 0.3) is 5.91 Å². The van der Waals surface area contributed by atoms with Gasteiger partial charge in [0.05, 0.1) is 26.0 Å². The van der Waals surface area contributed by atoms with E-state index in [-0.39, 0.29) is 5.91 Å². The van der Waals surface area contributed by atoms with E-state index in [9.17, 15) is 4.79 Å². The van der Waals surface area contributed by atoms with Crippen molar-refractivity contribution in [3.8, 4) is 17.7 Å². The third-order valence-electron chi connectivity index (χ3n) is 5.49. The van der Waals surface area contributed by atoms with Gasteiger partial charge < -0.3 is 19.7 Å². The van der Waals surface area contributed by atoms with Crippen molar-refractivity contribution in [1.29, 1.82) is 0 Å². The molecule has 178 valence electrons. The second kappa shape index (κ2) is 13.2. The maximum Gasteiger partial charge on any atom is 0.251 e. The van der Waals surface area contributed by atoms with Gasteiger partial charge >= 0.3 is 0 Å². The summed E-state index contributed by atoms with van der Waals surface area (Å²) in [5, 5.41) is 3.02. The normalized spacial score (nSPS) is 14.0. The molecule has 0 saturated carbocycles. The minimum Gasteiger partial charge on any atom is -0.481 e. The van der Waals surface area contributed by atoms with Gasteiger partial charge in [0.15, 0.2) is 0 Å². The third kappa shape index (κ3) is 7.19. The van der Waals surface area contributed by atoms with E-state index in [2.05, 4.69) is 32.0 Å². The van der Waals surface area contributed by atoms with Crippen LogP contribution in [0.25, 0.3) is 0 Å². The summed E-state index contributed by atoms with van der Waals surface area (Å²) in [5.74, 6) is 6.85. The fraction of sp³-hybridized carbons (Fsp3) is 0.370. The Morgan fingerprint density at radius 2 is 2.09 bits per heavy atom. The van der Waals surface area contributed by atoms with E-state index in [0.29, 0.717) is 31.2 Å². The fourth-order valence-electron chi connectivity index (χ4n) is 3.62. The van der Waals surface area contributed by atoms with Crippen molar-refractivity contribution in [2.24, 2.45) is 4.99 Å². The fourth-order valence-corrected chi connectivity index (χ4v) is 3.62. The molecule has 0 bridgehead atoms. The average Bonchev–Trinajstić information content (AvgIpc) is 2.89. The predicted octanol–water partition coefficient (Wildman–Crippen LogP) is 3.48. The molecule has 34 heavy (non-hydrogen) atoms. The van der Waals surface area contributed by atoms with E-state index >= 15 is 0 Å². The topological polar surface area (TPSA) is 76.1 Å². The van der Waals surface area contributed by atoms with Crippen LogP contribution in [-0.4, -0.2) is 64.1 Å². The van der Waals surface area contributed by atoms with Crippen molar-refractivity contribution in [2.45, 2.75) is 19.8 Å². The van der Waals surface area contributed by atoms with Crippen LogP contribution in [0.1, 0.15) is 41.3 Å². The number of ether oxygens (including phenoxy) is 2. The molecule has 0 aliphatic carbocycles. The summed E-state index contributed by atoms with van der Waals surface area (Å²) in [6, 6.07) is 9.35. The quantitative estimate of drug-likeness (QED) is 0.371. The van der Waals surface area contributed by atoms with Crippen molar-refractivity contribution in [3.63, 3.8) is 0 Å². The van der Waals surface area contributed by atoms with Crippen LogP contribution < -0.4 is 15.0 Å². The number of benzene rings is 1. The maximum absolute atomic E-state index is 12.8. The van der Waals surface area contributed by atoms with Gasteiger partial charge in [-0.1, -0.05) is 17.9 Å². The van der Waals surface area contributed by atoms with Crippen LogP contribution in [0.15, 0.2) is 53.2 Å². The molecule has 1 N–H and O–H groups in total. The van der Waals surface area contributed by atoms with Crippen molar-refractivity contribution in [2.75, 3.05) is 51.9 Å². The smallest absolute Gasteiger partial charge is 0.251 e. The number of nitrogens with one attached hydrogen (secondary N) is 1. The van der Waals surface area contributed by atoms with Crippen LogP contribution >= 0.6 is 0 Å². The number of aromatic nitrogens is 1. The molecule has 2 heterocycles. The number of pyridine rings is 1. The van der Waals surface area contributed by atoms with E-state index in [1.54, 1.807) is 26.4 Å². The summed E-state index contributed by atoms with van der Waals surface area (Å²) < 4.78 is 10.6. The molecule has 0 atom stereocenters. The Morgan fingerprint density at radius 1 is 1.26 bits per heavy atom. The molecule has 2 aromatic rings. The number of hydrogen-bond acceptors (Lipinski definition) is 6. The first-order valence-corrected chi connectivity index (χ1v) is 11.5. The van der Waals surface area contributed by atoms with Gasteiger partial charge in [-0.05, 0) is 49.6 Å². The number of carbonyl (C=O) groups excluding carboxylic acids is 1. The lowest BCUT2D eigenvalue weighted by atomic mass is 10.1. The Balaban J connectivity index is 1.75. The SMILES string of the molecule is C/C=C(\C=NC)CCCNC(=O)c1ccc(N2CCOCC2)c(C#Cc2ccc(OC)nc2)c1. The maximum atomic E-state index is 12.8. The number of methoxy groups -OCH3 is 1. The third-order valence-corrected chi connectivity index (χ3v) is 5.49. The Labute approximate surface area is 201 Å². The first kappa shape index (κ1) is 25.0. The van der Waals surface area contributed by atoms with E-state index in [0.717, 1.165) is 48.3 Å². The first-order chi connectivity index (χ1) is 16.6. The van der Waals surface area contributed by atoms with Gasteiger partial charge in [-0.2, -0.15) is 0 Å².